The molecule has 190 valence electrons. The van der Waals surface area contributed by atoms with Crippen LogP contribution in [-0.2, 0) is 19.9 Å². The Morgan fingerprint density at radius 2 is 1.81 bits per heavy atom. The van der Waals surface area contributed by atoms with Crippen LogP contribution in [0.1, 0.15) is 22.3 Å². The molecule has 3 amide bonds. The van der Waals surface area contributed by atoms with Crippen molar-refractivity contribution in [2.75, 3.05) is 44.7 Å². The Hall–Kier alpha value is -3.83. The summed E-state index contributed by atoms with van der Waals surface area (Å²) in [7, 11) is 0. The van der Waals surface area contributed by atoms with Gasteiger partial charge in [0, 0.05) is 30.9 Å². The molecule has 0 radical (unpaired) electrons. The molecule has 0 aliphatic carbocycles. The smallest absolute Gasteiger partial charge is 0.255 e. The molecule has 0 aromatic heterocycles. The topological polar surface area (TPSA) is 138 Å². The van der Waals surface area contributed by atoms with Gasteiger partial charge in [0.15, 0.2) is 11.6 Å². The third-order valence-corrected chi connectivity index (χ3v) is 6.32. The van der Waals surface area contributed by atoms with E-state index in [4.69, 9.17) is 10.5 Å². The summed E-state index contributed by atoms with van der Waals surface area (Å²) in [6, 6.07) is 10.5. The first-order valence-corrected chi connectivity index (χ1v) is 11.7. The van der Waals surface area contributed by atoms with Crippen LogP contribution in [0.25, 0.3) is 0 Å². The highest BCUT2D eigenvalue weighted by Crippen LogP contribution is 2.31. The predicted octanol–water partition coefficient (Wildman–Crippen LogP) is 0.597. The van der Waals surface area contributed by atoms with E-state index in [9.17, 15) is 18.8 Å². The number of nitrogens with two attached hydrogens (primary N) is 1. The molecular weight excluding hydrogens is 467 g/mol. The SMILES string of the molecule is NC(=O)C1(c2ccc(NC(=O)c3ccc(F)cc3)cc2)NC=NC1C(=O)NCCCN1CCOCC1. The minimum absolute atomic E-state index is 0.297. The number of ether oxygens (including phenoxy) is 1. The van der Waals surface area contributed by atoms with E-state index in [1.807, 2.05) is 0 Å². The number of benzene rings is 2. The number of nitrogens with one attached hydrogen (secondary N) is 3. The molecule has 2 aromatic rings. The van der Waals surface area contributed by atoms with Gasteiger partial charge in [-0.2, -0.15) is 0 Å². The third kappa shape index (κ3) is 5.52. The number of carbonyl (C=O) groups excluding carboxylic acids is 3. The predicted molar refractivity (Wildman–Crippen MR) is 132 cm³/mol. The van der Waals surface area contributed by atoms with Crippen molar-refractivity contribution in [1.29, 1.82) is 0 Å². The number of amides is 3. The maximum atomic E-state index is 13.1. The summed E-state index contributed by atoms with van der Waals surface area (Å²) < 4.78 is 18.4. The molecule has 11 heteroatoms. The molecule has 1 fully saturated rings. The van der Waals surface area contributed by atoms with Gasteiger partial charge in [0.2, 0.25) is 5.91 Å². The highest BCUT2D eigenvalue weighted by atomic mass is 19.1. The molecular formula is C25H29FN6O4. The Balaban J connectivity index is 1.40. The van der Waals surface area contributed by atoms with Crippen molar-refractivity contribution in [3.63, 3.8) is 0 Å². The standard InChI is InChI=1S/C25H29FN6O4/c26-19-6-2-17(3-7-19)22(33)31-20-8-4-18(5-9-20)25(24(27)35)21(29-16-30-25)23(34)28-10-1-11-32-12-14-36-15-13-32/h2-9,16,21H,1,10-15H2,(H2,27,35)(H,28,34)(H,29,30)(H,31,33). The zero-order valence-electron chi connectivity index (χ0n) is 19.7. The van der Waals surface area contributed by atoms with E-state index in [0.717, 1.165) is 26.1 Å². The zero-order chi connectivity index (χ0) is 25.5. The van der Waals surface area contributed by atoms with Crippen molar-refractivity contribution >= 4 is 29.7 Å². The summed E-state index contributed by atoms with van der Waals surface area (Å²) in [6.07, 6.45) is 2.06. The molecule has 2 aliphatic rings. The number of halogens is 1. The lowest BCUT2D eigenvalue weighted by Crippen LogP contribution is -2.60. The summed E-state index contributed by atoms with van der Waals surface area (Å²) in [6.45, 7) is 4.44. The Morgan fingerprint density at radius 3 is 2.47 bits per heavy atom. The van der Waals surface area contributed by atoms with Crippen molar-refractivity contribution in [3.05, 3.63) is 65.5 Å². The van der Waals surface area contributed by atoms with E-state index in [-0.39, 0.29) is 0 Å². The second kappa shape index (κ2) is 11.3. The Kier molecular flexibility index (Phi) is 7.91. The maximum absolute atomic E-state index is 13.1. The number of anilines is 1. The van der Waals surface area contributed by atoms with E-state index in [0.29, 0.717) is 36.6 Å². The number of morpholine rings is 1. The highest BCUT2D eigenvalue weighted by Gasteiger charge is 2.52. The quantitative estimate of drug-likeness (QED) is 0.375. The van der Waals surface area contributed by atoms with E-state index in [1.54, 1.807) is 24.3 Å². The van der Waals surface area contributed by atoms with Gasteiger partial charge in [0.1, 0.15) is 5.82 Å². The lowest BCUT2D eigenvalue weighted by atomic mass is 9.82. The monoisotopic (exact) mass is 496 g/mol. The summed E-state index contributed by atoms with van der Waals surface area (Å²) in [4.78, 5) is 44.5. The maximum Gasteiger partial charge on any atom is 0.255 e. The molecule has 1 saturated heterocycles. The summed E-state index contributed by atoms with van der Waals surface area (Å²) in [5.41, 5.74) is 5.39. The van der Waals surface area contributed by atoms with Crippen LogP contribution >= 0.6 is 0 Å². The van der Waals surface area contributed by atoms with Gasteiger partial charge in [0.25, 0.3) is 11.8 Å². The Morgan fingerprint density at radius 1 is 1.11 bits per heavy atom. The van der Waals surface area contributed by atoms with Crippen LogP contribution in [0.2, 0.25) is 0 Å². The van der Waals surface area contributed by atoms with Gasteiger partial charge in [-0.1, -0.05) is 12.1 Å². The summed E-state index contributed by atoms with van der Waals surface area (Å²) in [5, 5.41) is 8.45. The second-order valence-electron chi connectivity index (χ2n) is 8.63. The number of hydrogen-bond donors (Lipinski definition) is 4. The van der Waals surface area contributed by atoms with Crippen molar-refractivity contribution in [2.45, 2.75) is 18.0 Å². The van der Waals surface area contributed by atoms with Crippen LogP contribution in [0.4, 0.5) is 10.1 Å². The summed E-state index contributed by atoms with van der Waals surface area (Å²) >= 11 is 0. The van der Waals surface area contributed by atoms with Crippen LogP contribution in [0.3, 0.4) is 0 Å². The van der Waals surface area contributed by atoms with Gasteiger partial charge in [-0.15, -0.1) is 0 Å². The van der Waals surface area contributed by atoms with Gasteiger partial charge < -0.3 is 26.4 Å². The van der Waals surface area contributed by atoms with Crippen LogP contribution in [-0.4, -0.2) is 74.4 Å². The average Bonchev–Trinajstić information content (AvgIpc) is 3.34. The van der Waals surface area contributed by atoms with Gasteiger partial charge >= 0.3 is 0 Å². The fraction of sp³-hybridized carbons (Fsp3) is 0.360. The molecule has 36 heavy (non-hydrogen) atoms. The number of nitrogens with zero attached hydrogens (tertiary/aromatic N) is 2. The molecule has 5 N–H and O–H groups in total. The van der Waals surface area contributed by atoms with Crippen molar-refractivity contribution in [1.82, 2.24) is 15.5 Å². The van der Waals surface area contributed by atoms with Gasteiger partial charge in [-0.3, -0.25) is 24.3 Å². The Labute approximate surface area is 208 Å². The number of primary amides is 1. The van der Waals surface area contributed by atoms with Crippen molar-refractivity contribution in [3.8, 4) is 0 Å². The minimum atomic E-state index is -1.56. The fourth-order valence-corrected chi connectivity index (χ4v) is 4.31. The summed E-state index contributed by atoms with van der Waals surface area (Å²) in [5.74, 6) is -2.01. The van der Waals surface area contributed by atoms with Gasteiger partial charge in [0.05, 0.1) is 19.6 Å². The number of aliphatic imine (C=N–C) groups is 1. The van der Waals surface area contributed by atoms with E-state index >= 15 is 0 Å². The molecule has 2 unspecified atom stereocenters. The first kappa shape index (κ1) is 25.3. The molecule has 2 aromatic carbocycles. The Bertz CT molecular complexity index is 1120. The number of carbonyl (C=O) groups is 3. The van der Waals surface area contributed by atoms with E-state index in [2.05, 4.69) is 25.8 Å². The molecule has 0 bridgehead atoms. The first-order valence-electron chi connectivity index (χ1n) is 11.7. The lowest BCUT2D eigenvalue weighted by Gasteiger charge is -2.31. The molecule has 2 atom stereocenters. The third-order valence-electron chi connectivity index (χ3n) is 6.32. The van der Waals surface area contributed by atoms with Crippen LogP contribution < -0.4 is 21.7 Å². The number of rotatable bonds is 9. The molecule has 10 nitrogen and oxygen atoms in total. The zero-order valence-corrected chi connectivity index (χ0v) is 19.7. The number of hydrogen-bond acceptors (Lipinski definition) is 7. The molecule has 0 saturated carbocycles. The van der Waals surface area contributed by atoms with E-state index in [1.165, 1.54) is 30.6 Å². The van der Waals surface area contributed by atoms with E-state index < -0.39 is 35.1 Å². The van der Waals surface area contributed by atoms with Gasteiger partial charge in [-0.25, -0.2) is 4.39 Å². The van der Waals surface area contributed by atoms with Crippen molar-refractivity contribution < 1.29 is 23.5 Å². The van der Waals surface area contributed by atoms with Gasteiger partial charge in [-0.05, 0) is 54.9 Å². The first-order chi connectivity index (χ1) is 17.4. The average molecular weight is 497 g/mol. The highest BCUT2D eigenvalue weighted by molar-refractivity contribution is 6.04. The fourth-order valence-electron chi connectivity index (χ4n) is 4.31. The largest absolute Gasteiger partial charge is 0.379 e. The minimum Gasteiger partial charge on any atom is -0.379 e. The molecule has 4 rings (SSSR count). The van der Waals surface area contributed by atoms with Crippen LogP contribution in [0, 0.1) is 5.82 Å². The van der Waals surface area contributed by atoms with Crippen LogP contribution in [0.15, 0.2) is 53.5 Å². The molecule has 0 spiro atoms. The normalized spacial score (nSPS) is 21.5. The van der Waals surface area contributed by atoms with Crippen LogP contribution in [0.5, 0.6) is 0 Å². The molecule has 2 aliphatic heterocycles. The lowest BCUT2D eigenvalue weighted by molar-refractivity contribution is -0.131. The van der Waals surface area contributed by atoms with Crippen molar-refractivity contribution in [2.24, 2.45) is 10.7 Å². The molecule has 2 heterocycles. The second-order valence-corrected chi connectivity index (χ2v) is 8.63.